The molecule has 0 bridgehead atoms. The van der Waals surface area contributed by atoms with Gasteiger partial charge in [-0.3, -0.25) is 9.59 Å². The normalized spacial score (nSPS) is 17.9. The monoisotopic (exact) mass is 496 g/mol. The molecule has 2 unspecified atom stereocenters. The fourth-order valence-electron chi connectivity index (χ4n) is 5.17. The Morgan fingerprint density at radius 3 is 2.40 bits per heavy atom. The molecule has 0 spiro atoms. The molecule has 0 aromatic heterocycles. The molecule has 2 amide bonds. The number of carboxylic acid groups (broad SMARTS) is 1. The molecule has 1 saturated heterocycles. The van der Waals surface area contributed by atoms with E-state index in [1.807, 2.05) is 30.5 Å². The minimum atomic E-state index is -0.847. The van der Waals surface area contributed by atoms with E-state index in [4.69, 9.17) is 9.84 Å². The Hall–Kier alpha value is -3.00. The first-order valence-electron chi connectivity index (χ1n) is 12.1. The summed E-state index contributed by atoms with van der Waals surface area (Å²) in [6, 6.07) is 15.6. The molecule has 186 valence electrons. The van der Waals surface area contributed by atoms with Crippen LogP contribution in [0.1, 0.15) is 42.7 Å². The Bertz CT molecular complexity index is 1030. The molecule has 0 radical (unpaired) electrons. The van der Waals surface area contributed by atoms with Gasteiger partial charge in [0.2, 0.25) is 5.91 Å². The van der Waals surface area contributed by atoms with Crippen molar-refractivity contribution in [2.75, 3.05) is 31.7 Å². The number of nitrogens with one attached hydrogen (secondary N) is 1. The van der Waals surface area contributed by atoms with Crippen molar-refractivity contribution >= 4 is 29.7 Å². The third-order valence-corrected chi connectivity index (χ3v) is 7.48. The Labute approximate surface area is 210 Å². The summed E-state index contributed by atoms with van der Waals surface area (Å²) in [5, 5.41) is 11.9. The first-order valence-corrected chi connectivity index (χ1v) is 13.5. The molecule has 1 fully saturated rings. The van der Waals surface area contributed by atoms with Gasteiger partial charge in [0.05, 0.1) is 0 Å². The predicted molar refractivity (Wildman–Crippen MR) is 137 cm³/mol. The molecule has 35 heavy (non-hydrogen) atoms. The van der Waals surface area contributed by atoms with Crippen LogP contribution < -0.4 is 5.32 Å². The summed E-state index contributed by atoms with van der Waals surface area (Å²) in [5.41, 5.74) is 4.58. The molecule has 1 heterocycles. The highest BCUT2D eigenvalue weighted by Crippen LogP contribution is 2.44. The summed E-state index contributed by atoms with van der Waals surface area (Å²) < 4.78 is 5.66. The number of aliphatic carboxylic acids is 1. The fourth-order valence-corrected chi connectivity index (χ4v) is 5.65. The molecule has 7 nitrogen and oxygen atoms in total. The lowest BCUT2D eigenvalue weighted by Crippen LogP contribution is -2.51. The van der Waals surface area contributed by atoms with Crippen molar-refractivity contribution in [2.24, 2.45) is 5.92 Å². The third kappa shape index (κ3) is 5.99. The van der Waals surface area contributed by atoms with Gasteiger partial charge >= 0.3 is 12.1 Å². The van der Waals surface area contributed by atoms with Crippen molar-refractivity contribution < 1.29 is 24.2 Å². The second kappa shape index (κ2) is 11.6. The summed E-state index contributed by atoms with van der Waals surface area (Å²) >= 11 is 1.61. The maximum Gasteiger partial charge on any atom is 0.407 e. The van der Waals surface area contributed by atoms with Crippen LogP contribution in [0.15, 0.2) is 48.5 Å². The largest absolute Gasteiger partial charge is 0.481 e. The lowest BCUT2D eigenvalue weighted by Gasteiger charge is -2.34. The molecule has 2 aromatic rings. The number of thioether (sulfide) groups is 1. The highest BCUT2D eigenvalue weighted by Gasteiger charge is 2.32. The van der Waals surface area contributed by atoms with Crippen molar-refractivity contribution in [3.63, 3.8) is 0 Å². The smallest absolute Gasteiger partial charge is 0.407 e. The second-order valence-corrected chi connectivity index (χ2v) is 10.2. The fraction of sp³-hybridized carbons (Fsp3) is 0.444. The topological polar surface area (TPSA) is 95.9 Å². The van der Waals surface area contributed by atoms with Crippen molar-refractivity contribution in [3.8, 4) is 11.1 Å². The molecule has 1 aliphatic heterocycles. The minimum Gasteiger partial charge on any atom is -0.481 e. The van der Waals surface area contributed by atoms with Crippen molar-refractivity contribution in [1.29, 1.82) is 0 Å². The van der Waals surface area contributed by atoms with Gasteiger partial charge in [-0.2, -0.15) is 11.8 Å². The second-order valence-electron chi connectivity index (χ2n) is 9.19. The zero-order valence-corrected chi connectivity index (χ0v) is 20.8. The van der Waals surface area contributed by atoms with Crippen LogP contribution in [0.4, 0.5) is 4.79 Å². The van der Waals surface area contributed by atoms with Gasteiger partial charge in [0.25, 0.3) is 0 Å². The minimum absolute atomic E-state index is 0.0487. The summed E-state index contributed by atoms with van der Waals surface area (Å²) in [6.45, 7) is 1.18. The zero-order valence-electron chi connectivity index (χ0n) is 19.9. The van der Waals surface area contributed by atoms with E-state index in [0.29, 0.717) is 25.3 Å². The molecule has 2 aliphatic rings. The Morgan fingerprint density at radius 1 is 1.11 bits per heavy atom. The molecule has 2 aromatic carbocycles. The van der Waals surface area contributed by atoms with Crippen LogP contribution in [0, 0.1) is 5.92 Å². The first kappa shape index (κ1) is 25.1. The van der Waals surface area contributed by atoms with Gasteiger partial charge < -0.3 is 20.1 Å². The maximum atomic E-state index is 13.3. The van der Waals surface area contributed by atoms with E-state index in [-0.39, 0.29) is 30.8 Å². The van der Waals surface area contributed by atoms with E-state index in [0.717, 1.165) is 35.1 Å². The maximum absolute atomic E-state index is 13.3. The summed E-state index contributed by atoms with van der Waals surface area (Å²) in [4.78, 5) is 38.9. The number of alkyl carbamates (subject to hydrolysis) is 1. The van der Waals surface area contributed by atoms with Gasteiger partial charge in [-0.25, -0.2) is 4.79 Å². The van der Waals surface area contributed by atoms with Crippen molar-refractivity contribution in [3.05, 3.63) is 59.7 Å². The Kier molecular flexibility index (Phi) is 8.33. The average Bonchev–Trinajstić information content (AvgIpc) is 3.18. The number of benzene rings is 2. The molecule has 1 aliphatic carbocycles. The lowest BCUT2D eigenvalue weighted by molar-refractivity contribution is -0.141. The first-order chi connectivity index (χ1) is 17.0. The number of likely N-dealkylation sites (tertiary alicyclic amines) is 1. The summed E-state index contributed by atoms with van der Waals surface area (Å²) in [7, 11) is 0. The number of amides is 2. The van der Waals surface area contributed by atoms with Gasteiger partial charge in [-0.05, 0) is 59.4 Å². The number of carboxylic acids is 1. The number of carbonyl (C=O) groups excluding carboxylic acids is 2. The highest BCUT2D eigenvalue weighted by molar-refractivity contribution is 7.98. The van der Waals surface area contributed by atoms with E-state index in [1.165, 1.54) is 0 Å². The van der Waals surface area contributed by atoms with Crippen LogP contribution in [0.25, 0.3) is 11.1 Å². The highest BCUT2D eigenvalue weighted by atomic mass is 32.2. The van der Waals surface area contributed by atoms with Crippen molar-refractivity contribution in [2.45, 2.75) is 37.6 Å². The van der Waals surface area contributed by atoms with E-state index >= 15 is 0 Å². The Morgan fingerprint density at radius 2 is 1.77 bits per heavy atom. The molecule has 8 heteroatoms. The SMILES string of the molecule is CSCCC(NC(=O)OCC1c2ccccc2-c2ccccc21)C(=O)N1CCCC(CC(=O)O)C1. The van der Waals surface area contributed by atoms with Gasteiger partial charge in [-0.1, -0.05) is 48.5 Å². The number of carbonyl (C=O) groups is 3. The van der Waals surface area contributed by atoms with E-state index < -0.39 is 18.1 Å². The summed E-state index contributed by atoms with van der Waals surface area (Å²) in [6.07, 6.45) is 3.46. The predicted octanol–water partition coefficient (Wildman–Crippen LogP) is 4.36. The number of hydrogen-bond donors (Lipinski definition) is 2. The number of hydrogen-bond acceptors (Lipinski definition) is 5. The van der Waals surface area contributed by atoms with E-state index in [1.54, 1.807) is 16.7 Å². The van der Waals surface area contributed by atoms with Crippen LogP contribution in [0.3, 0.4) is 0 Å². The van der Waals surface area contributed by atoms with Crippen LogP contribution >= 0.6 is 11.8 Å². The number of fused-ring (bicyclic) bond motifs is 3. The zero-order chi connectivity index (χ0) is 24.8. The van der Waals surface area contributed by atoms with Gasteiger partial charge in [0.1, 0.15) is 12.6 Å². The van der Waals surface area contributed by atoms with Crippen LogP contribution in [0.2, 0.25) is 0 Å². The van der Waals surface area contributed by atoms with Gasteiger partial charge in [0.15, 0.2) is 0 Å². The number of ether oxygens (including phenoxy) is 1. The standard InChI is InChI=1S/C27H32N2O5S/c1-35-14-12-24(26(32)29-13-6-7-18(16-29)15-25(30)31)28-27(33)34-17-23-21-10-4-2-8-19(21)20-9-3-5-11-22(20)23/h2-5,8-11,18,23-24H,6-7,12-17H2,1H3,(H,28,33)(H,30,31). The molecular formula is C27H32N2O5S. The molecule has 2 atom stereocenters. The number of piperidine rings is 1. The van der Waals surface area contributed by atoms with Crippen LogP contribution in [0.5, 0.6) is 0 Å². The molecule has 2 N–H and O–H groups in total. The quantitative estimate of drug-likeness (QED) is 0.536. The molecule has 4 rings (SSSR count). The van der Waals surface area contributed by atoms with Crippen LogP contribution in [-0.2, 0) is 14.3 Å². The van der Waals surface area contributed by atoms with Crippen molar-refractivity contribution in [1.82, 2.24) is 10.2 Å². The third-order valence-electron chi connectivity index (χ3n) is 6.84. The summed E-state index contributed by atoms with van der Waals surface area (Å²) in [5.74, 6) is -0.400. The molecular weight excluding hydrogens is 464 g/mol. The number of nitrogens with zero attached hydrogens (tertiary/aromatic N) is 1. The molecule has 0 saturated carbocycles. The number of rotatable bonds is 9. The van der Waals surface area contributed by atoms with E-state index in [9.17, 15) is 14.4 Å². The Balaban J connectivity index is 1.39. The van der Waals surface area contributed by atoms with Crippen LogP contribution in [-0.4, -0.2) is 65.7 Å². The van der Waals surface area contributed by atoms with Gasteiger partial charge in [0, 0.05) is 25.4 Å². The average molecular weight is 497 g/mol. The lowest BCUT2D eigenvalue weighted by atomic mass is 9.94. The van der Waals surface area contributed by atoms with Gasteiger partial charge in [-0.15, -0.1) is 0 Å². The van der Waals surface area contributed by atoms with E-state index in [2.05, 4.69) is 29.6 Å².